The molecule has 4 aromatic rings. The van der Waals surface area contributed by atoms with E-state index in [1.165, 1.54) is 6.07 Å². The van der Waals surface area contributed by atoms with Gasteiger partial charge >= 0.3 is 12.2 Å². The Kier molecular flexibility index (Phi) is 7.94. The van der Waals surface area contributed by atoms with E-state index < -0.39 is 24.0 Å². The van der Waals surface area contributed by atoms with E-state index in [0.717, 1.165) is 62.7 Å². The van der Waals surface area contributed by atoms with Crippen molar-refractivity contribution in [3.8, 4) is 17.3 Å². The summed E-state index contributed by atoms with van der Waals surface area (Å²) in [5.41, 5.74) is 1.54. The minimum Gasteiger partial charge on any atom is -0.461 e. The topological polar surface area (TPSA) is 75.6 Å². The zero-order chi connectivity index (χ0) is 36.2. The lowest BCUT2D eigenvalue weighted by molar-refractivity contribution is -0.230. The Hall–Kier alpha value is -3.68. The minimum atomic E-state index is -4.37. The minimum absolute atomic E-state index is 0.0348. The van der Waals surface area contributed by atoms with Gasteiger partial charge in [0.2, 0.25) is 0 Å². The molecule has 280 valence electrons. The number of nitrogens with zero attached hydrogens (tertiary/aromatic N) is 5. The van der Waals surface area contributed by atoms with Crippen molar-refractivity contribution in [1.29, 1.82) is 0 Å². The van der Waals surface area contributed by atoms with Gasteiger partial charge in [-0.25, -0.2) is 13.8 Å². The summed E-state index contributed by atoms with van der Waals surface area (Å²) in [5, 5.41) is 5.78. The van der Waals surface area contributed by atoms with Crippen LogP contribution in [0.25, 0.3) is 32.9 Å². The van der Waals surface area contributed by atoms with Crippen molar-refractivity contribution in [2.45, 2.75) is 113 Å². The number of aryl methyl sites for hydroxylation is 2. The summed E-state index contributed by atoms with van der Waals surface area (Å²) >= 11 is 0. The fourth-order valence-electron chi connectivity index (χ4n) is 10.4. The maximum absolute atomic E-state index is 17.2. The quantitative estimate of drug-likeness (QED) is 0.188. The lowest BCUT2D eigenvalue weighted by Crippen LogP contribution is -2.58. The van der Waals surface area contributed by atoms with E-state index in [9.17, 15) is 17.6 Å². The Morgan fingerprint density at radius 2 is 1.85 bits per heavy atom. The van der Waals surface area contributed by atoms with Gasteiger partial charge in [0.15, 0.2) is 11.9 Å². The number of alkyl halides is 3. The molecule has 4 saturated heterocycles. The van der Waals surface area contributed by atoms with Crippen molar-refractivity contribution in [2.24, 2.45) is 5.92 Å². The van der Waals surface area contributed by atoms with Crippen LogP contribution in [0.5, 0.6) is 6.01 Å². The Labute approximate surface area is 304 Å². The monoisotopic (exact) mass is 734 g/mol. The molecule has 2 aromatic carbocycles. The average molecular weight is 735 g/mol. The maximum Gasteiger partial charge on any atom is 0.414 e. The first-order chi connectivity index (χ1) is 25.6. The predicted octanol–water partition coefficient (Wildman–Crippen LogP) is 7.42. The molecule has 5 fully saturated rings. The van der Waals surface area contributed by atoms with Crippen LogP contribution < -0.4 is 15.0 Å². The number of nitrogens with one attached hydrogen (secondary N) is 1. The molecule has 0 amide bonds. The molecular formula is C40H43F5N6O2. The highest BCUT2D eigenvalue weighted by Gasteiger charge is 2.53. The van der Waals surface area contributed by atoms with E-state index in [0.29, 0.717) is 59.4 Å². The number of pyridine rings is 1. The second-order valence-corrected chi connectivity index (χ2v) is 16.3. The molecule has 1 N–H and O–H groups in total. The van der Waals surface area contributed by atoms with Gasteiger partial charge in [0.25, 0.3) is 0 Å². The molecule has 6 atom stereocenters. The summed E-state index contributed by atoms with van der Waals surface area (Å²) in [6.07, 6.45) is 1.79. The lowest BCUT2D eigenvalue weighted by atomic mass is 9.95. The van der Waals surface area contributed by atoms with Crippen LogP contribution in [0.3, 0.4) is 0 Å². The van der Waals surface area contributed by atoms with Gasteiger partial charge in [0, 0.05) is 36.3 Å². The third kappa shape index (κ3) is 5.58. The number of benzene rings is 2. The van der Waals surface area contributed by atoms with Crippen molar-refractivity contribution < 1.29 is 31.4 Å². The molecule has 10 rings (SSSR count). The first kappa shape index (κ1) is 33.9. The summed E-state index contributed by atoms with van der Waals surface area (Å²) in [5.74, 6) is -0.770. The second-order valence-electron chi connectivity index (χ2n) is 16.3. The van der Waals surface area contributed by atoms with E-state index >= 15 is 4.39 Å². The van der Waals surface area contributed by atoms with E-state index in [-0.39, 0.29) is 59.9 Å². The molecule has 7 heterocycles. The molecule has 2 aromatic heterocycles. The summed E-state index contributed by atoms with van der Waals surface area (Å²) < 4.78 is 85.5. The molecule has 53 heavy (non-hydrogen) atoms. The molecule has 1 unspecified atom stereocenters. The largest absolute Gasteiger partial charge is 0.461 e. The molecule has 5 aliphatic heterocycles. The number of hydrogen-bond acceptors (Lipinski definition) is 8. The predicted molar refractivity (Wildman–Crippen MR) is 190 cm³/mol. The zero-order valence-electron chi connectivity index (χ0n) is 29.7. The van der Waals surface area contributed by atoms with Crippen LogP contribution in [-0.2, 0) is 11.2 Å². The van der Waals surface area contributed by atoms with Gasteiger partial charge in [0.1, 0.15) is 29.5 Å². The van der Waals surface area contributed by atoms with Crippen LogP contribution >= 0.6 is 0 Å². The molecule has 6 aliphatic rings. The van der Waals surface area contributed by atoms with Gasteiger partial charge in [-0.15, -0.1) is 0 Å². The first-order valence-corrected chi connectivity index (χ1v) is 19.3. The lowest BCUT2D eigenvalue weighted by Gasteiger charge is -2.41. The summed E-state index contributed by atoms with van der Waals surface area (Å²) in [7, 11) is 0. The molecule has 0 radical (unpaired) electrons. The Morgan fingerprint density at radius 3 is 2.68 bits per heavy atom. The summed E-state index contributed by atoms with van der Waals surface area (Å²) in [6, 6.07) is 9.32. The van der Waals surface area contributed by atoms with Crippen LogP contribution in [0.4, 0.5) is 27.8 Å². The maximum atomic E-state index is 17.2. The Morgan fingerprint density at radius 1 is 0.981 bits per heavy atom. The van der Waals surface area contributed by atoms with Crippen LogP contribution in [-0.4, -0.2) is 88.1 Å². The van der Waals surface area contributed by atoms with Crippen LogP contribution in [0.1, 0.15) is 69.0 Å². The molecule has 0 spiro atoms. The van der Waals surface area contributed by atoms with Gasteiger partial charge in [-0.3, -0.25) is 4.90 Å². The summed E-state index contributed by atoms with van der Waals surface area (Å²) in [6.45, 7) is 3.47. The smallest absolute Gasteiger partial charge is 0.414 e. The molecule has 1 aliphatic carbocycles. The Bertz CT molecular complexity index is 2110. The van der Waals surface area contributed by atoms with Gasteiger partial charge < -0.3 is 19.7 Å². The fraction of sp³-hybridized carbons (Fsp3) is 0.575. The van der Waals surface area contributed by atoms with Gasteiger partial charge in [0.05, 0.1) is 23.2 Å². The van der Waals surface area contributed by atoms with Crippen LogP contribution in [0, 0.1) is 24.5 Å². The molecule has 8 nitrogen and oxygen atoms in total. The molecule has 2 bridgehead atoms. The Balaban J connectivity index is 1.02. The number of piperazine rings is 1. The number of fused-ring (bicyclic) bond motifs is 7. The number of ether oxygens (including phenoxy) is 2. The average Bonchev–Trinajstić information content (AvgIpc) is 3.68. The number of hydrogen-bond donors (Lipinski definition) is 1. The highest BCUT2D eigenvalue weighted by Crippen LogP contribution is 2.47. The van der Waals surface area contributed by atoms with Crippen molar-refractivity contribution in [2.75, 3.05) is 31.2 Å². The van der Waals surface area contributed by atoms with Crippen molar-refractivity contribution in [3.63, 3.8) is 0 Å². The summed E-state index contributed by atoms with van der Waals surface area (Å²) in [4.78, 5) is 19.4. The standard InChI is InChI=1S/C40H43F5N6O2/c1-21-27(41)10-8-22-4-2-5-26(31(21)22)34-33(42)35-32-29(47-34)12-13-30-28-11-9-24(46-28)18-50(30)37(32)49-38(48-35)53-20-39-15-3-17-51(39)25(14-16-39)19-52-36(23-6-7-23)40(43,44)45/h2,4-5,8,10,23-25,28,30,36,46H,3,6-7,9,11-20H2,1H3/t24-,25-,28+,30+,36?,39-/m0/s1. The zero-order valence-corrected chi connectivity index (χ0v) is 29.7. The first-order valence-electron chi connectivity index (χ1n) is 19.3. The van der Waals surface area contributed by atoms with Crippen LogP contribution in [0.2, 0.25) is 0 Å². The number of aromatic nitrogens is 3. The molecule has 1 saturated carbocycles. The van der Waals surface area contributed by atoms with E-state index in [4.69, 9.17) is 24.4 Å². The third-order valence-corrected chi connectivity index (χ3v) is 13.2. The number of rotatable bonds is 8. The van der Waals surface area contributed by atoms with Gasteiger partial charge in [-0.1, -0.05) is 24.3 Å². The SMILES string of the molecule is Cc1c(F)ccc2cccc(-c3nc4c5c(nc(OC[C@@]67CCCN6[C@H](COC(C6CC6)C(F)(F)F)CC7)nc5c3F)N3C[C@@H]5CC[C@@H](N5)[C@H]3CC4)c12. The third-order valence-electron chi connectivity index (χ3n) is 13.2. The normalized spacial score (nSPS) is 28.8. The van der Waals surface area contributed by atoms with E-state index in [1.807, 2.05) is 12.1 Å². The highest BCUT2D eigenvalue weighted by molar-refractivity contribution is 6.01. The molecule has 13 heteroatoms. The van der Waals surface area contributed by atoms with E-state index in [2.05, 4.69) is 15.1 Å². The van der Waals surface area contributed by atoms with Crippen LogP contribution in [0.15, 0.2) is 30.3 Å². The number of halogens is 5. The number of anilines is 1. The van der Waals surface area contributed by atoms with Crippen molar-refractivity contribution >= 4 is 27.5 Å². The van der Waals surface area contributed by atoms with Crippen molar-refractivity contribution in [3.05, 3.63) is 53.2 Å². The van der Waals surface area contributed by atoms with Crippen molar-refractivity contribution in [1.82, 2.24) is 25.2 Å². The second kappa shape index (κ2) is 12.4. The van der Waals surface area contributed by atoms with Gasteiger partial charge in [-0.05, 0) is 106 Å². The fourth-order valence-corrected chi connectivity index (χ4v) is 10.4. The van der Waals surface area contributed by atoms with Gasteiger partial charge in [-0.2, -0.15) is 23.1 Å². The van der Waals surface area contributed by atoms with E-state index in [1.54, 1.807) is 19.1 Å². The molecular weight excluding hydrogens is 691 g/mol. The highest BCUT2D eigenvalue weighted by atomic mass is 19.4.